The van der Waals surface area contributed by atoms with Gasteiger partial charge >= 0.3 is 17.9 Å². The molecule has 1 unspecified atom stereocenters. The Labute approximate surface area is 375 Å². The maximum Gasteiger partial charge on any atom is 0.306 e. The van der Waals surface area contributed by atoms with Gasteiger partial charge < -0.3 is 14.2 Å². The van der Waals surface area contributed by atoms with Gasteiger partial charge in [0.05, 0.1) is 0 Å². The number of carbonyl (C=O) groups excluding carboxylic acids is 3. The molecule has 0 amide bonds. The largest absolute Gasteiger partial charge is 0.462 e. The van der Waals surface area contributed by atoms with Gasteiger partial charge in [0.25, 0.3) is 0 Å². The maximum atomic E-state index is 12.8. The molecule has 0 rings (SSSR count). The molecule has 0 saturated carbocycles. The average molecular weight is 849 g/mol. The van der Waals surface area contributed by atoms with Crippen LogP contribution in [0.1, 0.15) is 226 Å². The van der Waals surface area contributed by atoms with Gasteiger partial charge in [-0.25, -0.2) is 0 Å². The maximum absolute atomic E-state index is 12.8. The molecule has 6 nitrogen and oxygen atoms in total. The highest BCUT2D eigenvalue weighted by Gasteiger charge is 2.19. The van der Waals surface area contributed by atoms with Gasteiger partial charge in [0.15, 0.2) is 6.10 Å². The van der Waals surface area contributed by atoms with Crippen molar-refractivity contribution in [2.75, 3.05) is 13.2 Å². The lowest BCUT2D eigenvalue weighted by Gasteiger charge is -2.18. The quantitative estimate of drug-likeness (QED) is 0.0200. The number of rotatable bonds is 44. The van der Waals surface area contributed by atoms with Crippen LogP contribution in [-0.4, -0.2) is 37.2 Å². The van der Waals surface area contributed by atoms with Crippen molar-refractivity contribution >= 4 is 17.9 Å². The van der Waals surface area contributed by atoms with Crippen molar-refractivity contribution < 1.29 is 28.6 Å². The third-order valence-corrected chi connectivity index (χ3v) is 10.5. The Kier molecular flexibility index (Phi) is 46.5. The Bertz CT molecular complexity index is 1200. The molecule has 0 aromatic carbocycles. The predicted molar refractivity (Wildman–Crippen MR) is 261 cm³/mol. The second-order valence-electron chi connectivity index (χ2n) is 16.4. The first-order chi connectivity index (χ1) is 30.0. The summed E-state index contributed by atoms with van der Waals surface area (Å²) < 4.78 is 16.7. The Morgan fingerprint density at radius 2 is 0.721 bits per heavy atom. The van der Waals surface area contributed by atoms with Gasteiger partial charge in [0.1, 0.15) is 13.2 Å². The van der Waals surface area contributed by atoms with Crippen molar-refractivity contribution in [3.8, 4) is 0 Å². The summed E-state index contributed by atoms with van der Waals surface area (Å²) in [5, 5.41) is 0. The van der Waals surface area contributed by atoms with Crippen molar-refractivity contribution in [1.82, 2.24) is 0 Å². The molecule has 0 bridgehead atoms. The predicted octanol–water partition coefficient (Wildman–Crippen LogP) is 16.4. The second kappa shape index (κ2) is 49.2. The van der Waals surface area contributed by atoms with Gasteiger partial charge in [0, 0.05) is 19.3 Å². The Morgan fingerprint density at radius 1 is 0.361 bits per heavy atom. The van der Waals surface area contributed by atoms with Crippen LogP contribution in [-0.2, 0) is 28.6 Å². The van der Waals surface area contributed by atoms with E-state index in [-0.39, 0.29) is 37.5 Å². The molecule has 0 fully saturated rings. The number of ether oxygens (including phenoxy) is 3. The van der Waals surface area contributed by atoms with Crippen molar-refractivity contribution in [1.29, 1.82) is 0 Å². The molecule has 61 heavy (non-hydrogen) atoms. The van der Waals surface area contributed by atoms with Gasteiger partial charge in [-0.15, -0.1) is 0 Å². The van der Waals surface area contributed by atoms with E-state index in [9.17, 15) is 14.4 Å². The van der Waals surface area contributed by atoms with Crippen LogP contribution < -0.4 is 0 Å². The number of hydrogen-bond donors (Lipinski definition) is 0. The smallest absolute Gasteiger partial charge is 0.306 e. The number of hydrogen-bond acceptors (Lipinski definition) is 6. The van der Waals surface area contributed by atoms with E-state index in [4.69, 9.17) is 14.2 Å². The highest BCUT2D eigenvalue weighted by molar-refractivity contribution is 5.71. The summed E-state index contributed by atoms with van der Waals surface area (Å²) in [6, 6.07) is 0. The van der Waals surface area contributed by atoms with Crippen LogP contribution in [0, 0.1) is 0 Å². The number of esters is 3. The fraction of sp³-hybridized carbons (Fsp3) is 0.691. The van der Waals surface area contributed by atoms with E-state index in [1.165, 1.54) is 96.3 Å². The van der Waals surface area contributed by atoms with Gasteiger partial charge in [-0.05, 0) is 70.6 Å². The topological polar surface area (TPSA) is 78.9 Å². The molecule has 0 saturated heterocycles. The summed E-state index contributed by atoms with van der Waals surface area (Å²) in [4.78, 5) is 37.9. The van der Waals surface area contributed by atoms with Crippen LogP contribution >= 0.6 is 0 Å². The Balaban J connectivity index is 4.50. The minimum absolute atomic E-state index is 0.101. The fourth-order valence-electron chi connectivity index (χ4n) is 6.70. The molecule has 0 aliphatic carbocycles. The Hall–Kier alpha value is -3.41. The minimum Gasteiger partial charge on any atom is -0.462 e. The summed E-state index contributed by atoms with van der Waals surface area (Å²) in [6.07, 6.45) is 62.8. The van der Waals surface area contributed by atoms with E-state index in [0.29, 0.717) is 19.3 Å². The summed E-state index contributed by atoms with van der Waals surface area (Å²) in [6.45, 7) is 6.41. The standard InChI is InChI=1S/C55H92O6/c1-4-7-10-13-16-19-22-24-26-27-29-30-33-36-39-42-45-48-54(57)60-51-52(50-59-53(56)47-44-41-38-35-32-21-18-15-12-9-6-3)61-55(58)49-46-43-40-37-34-31-28-25-23-20-17-14-11-8-5-2/h8,11,14,17,20,23-26,28-30,36,39,52H,4-7,9-10,12-13,15-16,18-19,21-22,27,31-35,37-38,40-51H2,1-3H3/b11-8-,17-14-,23-20-,26-24-,28-25-,30-29-,39-36-. The molecule has 348 valence electrons. The van der Waals surface area contributed by atoms with Crippen LogP contribution in [0.3, 0.4) is 0 Å². The summed E-state index contributed by atoms with van der Waals surface area (Å²) in [5.74, 6) is -0.982. The lowest BCUT2D eigenvalue weighted by molar-refractivity contribution is -0.167. The number of carbonyl (C=O) groups is 3. The summed E-state index contributed by atoms with van der Waals surface area (Å²) in [7, 11) is 0. The molecular formula is C55H92O6. The highest BCUT2D eigenvalue weighted by Crippen LogP contribution is 2.14. The van der Waals surface area contributed by atoms with Crippen molar-refractivity contribution in [3.05, 3.63) is 85.1 Å². The molecule has 0 N–H and O–H groups in total. The SMILES string of the molecule is CC\C=C/C=C\C=C/C=C\CCCCCCCC(=O)OC(COC(=O)CCC/C=C\C/C=C\C/C=C\CCCCCCCC)COC(=O)CCCCCCCCCCCCC. The molecule has 1 atom stereocenters. The van der Waals surface area contributed by atoms with Gasteiger partial charge in [-0.2, -0.15) is 0 Å². The average Bonchev–Trinajstić information content (AvgIpc) is 3.26. The van der Waals surface area contributed by atoms with E-state index >= 15 is 0 Å². The van der Waals surface area contributed by atoms with Gasteiger partial charge in [0.2, 0.25) is 0 Å². The molecule has 0 heterocycles. The molecule has 0 aromatic heterocycles. The molecular weight excluding hydrogens is 757 g/mol. The van der Waals surface area contributed by atoms with Crippen LogP contribution in [0.25, 0.3) is 0 Å². The first-order valence-electron chi connectivity index (χ1n) is 25.1. The van der Waals surface area contributed by atoms with E-state index < -0.39 is 6.10 Å². The fourth-order valence-corrected chi connectivity index (χ4v) is 6.70. The molecule has 0 aromatic rings. The summed E-state index contributed by atoms with van der Waals surface area (Å²) >= 11 is 0. The van der Waals surface area contributed by atoms with E-state index in [1.54, 1.807) is 0 Å². The zero-order valence-corrected chi connectivity index (χ0v) is 39.7. The van der Waals surface area contributed by atoms with Crippen LogP contribution in [0.15, 0.2) is 85.1 Å². The van der Waals surface area contributed by atoms with Crippen molar-refractivity contribution in [2.24, 2.45) is 0 Å². The van der Waals surface area contributed by atoms with Crippen molar-refractivity contribution in [2.45, 2.75) is 232 Å². The number of allylic oxidation sites excluding steroid dienone is 14. The van der Waals surface area contributed by atoms with E-state index in [1.807, 2.05) is 24.3 Å². The lowest BCUT2D eigenvalue weighted by atomic mass is 10.1. The lowest BCUT2D eigenvalue weighted by Crippen LogP contribution is -2.30. The number of unbranched alkanes of at least 4 members (excludes halogenated alkanes) is 22. The monoisotopic (exact) mass is 849 g/mol. The third kappa shape index (κ3) is 47.5. The first kappa shape index (κ1) is 57.6. The Morgan fingerprint density at radius 3 is 1.21 bits per heavy atom. The molecule has 6 heteroatoms. The molecule has 0 aliphatic heterocycles. The molecule has 0 aliphatic rings. The van der Waals surface area contributed by atoms with E-state index in [0.717, 1.165) is 83.5 Å². The third-order valence-electron chi connectivity index (χ3n) is 10.5. The first-order valence-corrected chi connectivity index (χ1v) is 25.1. The normalized spacial score (nSPS) is 12.8. The highest BCUT2D eigenvalue weighted by atomic mass is 16.6. The summed E-state index contributed by atoms with van der Waals surface area (Å²) in [5.41, 5.74) is 0. The van der Waals surface area contributed by atoms with Crippen LogP contribution in [0.5, 0.6) is 0 Å². The zero-order chi connectivity index (χ0) is 44.4. The zero-order valence-electron chi connectivity index (χ0n) is 39.7. The molecule has 0 spiro atoms. The molecule has 0 radical (unpaired) electrons. The minimum atomic E-state index is -0.807. The van der Waals surface area contributed by atoms with Crippen LogP contribution in [0.4, 0.5) is 0 Å². The second-order valence-corrected chi connectivity index (χ2v) is 16.4. The van der Waals surface area contributed by atoms with Crippen molar-refractivity contribution in [3.63, 3.8) is 0 Å². The van der Waals surface area contributed by atoms with Gasteiger partial charge in [-0.3, -0.25) is 14.4 Å². The van der Waals surface area contributed by atoms with Gasteiger partial charge in [-0.1, -0.05) is 221 Å². The van der Waals surface area contributed by atoms with E-state index in [2.05, 4.69) is 81.5 Å². The van der Waals surface area contributed by atoms with Crippen LogP contribution in [0.2, 0.25) is 0 Å².